The van der Waals surface area contributed by atoms with Crippen LogP contribution in [0.25, 0.3) is 11.0 Å². The van der Waals surface area contributed by atoms with E-state index in [0.29, 0.717) is 36.9 Å². The van der Waals surface area contributed by atoms with Gasteiger partial charge in [-0.25, -0.2) is 27.8 Å². The number of nitrogens with one attached hydrogen (secondary N) is 3. The lowest BCUT2D eigenvalue weighted by atomic mass is 10.0. The van der Waals surface area contributed by atoms with E-state index in [0.717, 1.165) is 12.8 Å². The van der Waals surface area contributed by atoms with Crippen LogP contribution in [0.3, 0.4) is 0 Å². The molecule has 2 saturated carbocycles. The van der Waals surface area contributed by atoms with Crippen LogP contribution in [-0.4, -0.2) is 92.4 Å². The van der Waals surface area contributed by atoms with Crippen molar-refractivity contribution in [1.82, 2.24) is 40.2 Å². The van der Waals surface area contributed by atoms with Gasteiger partial charge in [-0.1, -0.05) is 25.0 Å². The van der Waals surface area contributed by atoms with Crippen molar-refractivity contribution in [2.24, 2.45) is 5.92 Å². The molecule has 52 heavy (non-hydrogen) atoms. The number of fused-ring (bicyclic) bond motifs is 3. The quantitative estimate of drug-likeness (QED) is 0.300. The number of benzene rings is 1. The topological polar surface area (TPSA) is 203 Å². The smallest absolute Gasteiger partial charge is 0.272 e. The Morgan fingerprint density at radius 3 is 2.67 bits per heavy atom. The zero-order chi connectivity index (χ0) is 36.6. The molecule has 274 valence electrons. The Hall–Kier alpha value is -5.06. The Morgan fingerprint density at radius 2 is 1.90 bits per heavy atom. The molecule has 0 unspecified atom stereocenters. The number of halogens is 1. The zero-order valence-electron chi connectivity index (χ0n) is 28.5. The normalized spacial score (nSPS) is 27.3. The summed E-state index contributed by atoms with van der Waals surface area (Å²) in [7, 11) is -3.91. The van der Waals surface area contributed by atoms with Gasteiger partial charge in [0.05, 0.1) is 29.0 Å². The standard InChI is InChI=1S/C35H39FN8O7S/c1-20-32(41-27-15-22(36)9-12-25(27)39-20)51-23-16-29-31(46)42-35(34(48)43-52(49,50)24-10-11-24)17-21(35)7-5-3-2-4-6-8-26(33(47)44(29)19-23)40-30(45)28-18-37-13-14-38-28/h5,7,9,12-15,18,21,23-24,26,29H,2-4,6,8,10-11,16-17,19H2,1H3,(H,40,45)(H,42,46)(H,43,48)/b7-5-/t21-,23-,26+,29+,35-/m1/s1. The van der Waals surface area contributed by atoms with Gasteiger partial charge in [-0.15, -0.1) is 0 Å². The Balaban J connectivity index is 1.19. The molecule has 2 aliphatic heterocycles. The Morgan fingerprint density at radius 1 is 1.08 bits per heavy atom. The molecule has 4 heterocycles. The molecule has 7 rings (SSSR count). The third-order valence-electron chi connectivity index (χ3n) is 9.98. The first-order valence-electron chi connectivity index (χ1n) is 17.5. The van der Waals surface area contributed by atoms with E-state index in [4.69, 9.17) is 4.74 Å². The molecule has 4 amide bonds. The average molecular weight is 735 g/mol. The number of aryl methyl sites for hydroxylation is 1. The molecule has 1 aromatic carbocycles. The summed E-state index contributed by atoms with van der Waals surface area (Å²) in [5.74, 6) is -3.50. The van der Waals surface area contributed by atoms with Gasteiger partial charge in [0.2, 0.25) is 27.7 Å². The highest BCUT2D eigenvalue weighted by atomic mass is 32.2. The molecule has 2 aliphatic carbocycles. The number of hydrogen-bond donors (Lipinski definition) is 3. The lowest BCUT2D eigenvalue weighted by molar-refractivity contribution is -0.141. The molecule has 4 aliphatic rings. The molecule has 0 bridgehead atoms. The maximum atomic E-state index is 14.4. The zero-order valence-corrected chi connectivity index (χ0v) is 29.3. The molecule has 3 N–H and O–H groups in total. The Kier molecular flexibility index (Phi) is 9.63. The van der Waals surface area contributed by atoms with Crippen LogP contribution in [0.1, 0.15) is 74.0 Å². The molecule has 15 nitrogen and oxygen atoms in total. The van der Waals surface area contributed by atoms with Crippen molar-refractivity contribution in [3.05, 3.63) is 66.1 Å². The van der Waals surface area contributed by atoms with Crippen LogP contribution < -0.4 is 20.1 Å². The summed E-state index contributed by atoms with van der Waals surface area (Å²) in [4.78, 5) is 73.8. The first-order valence-corrected chi connectivity index (χ1v) is 19.0. The second-order valence-electron chi connectivity index (χ2n) is 13.9. The summed E-state index contributed by atoms with van der Waals surface area (Å²) in [5, 5.41) is 4.96. The third-order valence-corrected chi connectivity index (χ3v) is 11.8. The first-order chi connectivity index (χ1) is 24.9. The Bertz CT molecular complexity index is 2050. The minimum absolute atomic E-state index is 0.0175. The van der Waals surface area contributed by atoms with Gasteiger partial charge in [-0.05, 0) is 57.6 Å². The van der Waals surface area contributed by atoms with E-state index in [1.807, 2.05) is 12.2 Å². The fourth-order valence-electron chi connectivity index (χ4n) is 6.86. The van der Waals surface area contributed by atoms with E-state index >= 15 is 0 Å². The highest BCUT2D eigenvalue weighted by Crippen LogP contribution is 2.46. The monoisotopic (exact) mass is 734 g/mol. The van der Waals surface area contributed by atoms with Gasteiger partial charge in [0.25, 0.3) is 11.8 Å². The molecule has 3 fully saturated rings. The van der Waals surface area contributed by atoms with Gasteiger partial charge in [0.1, 0.15) is 40.9 Å². The molecular weight excluding hydrogens is 695 g/mol. The van der Waals surface area contributed by atoms with Crippen molar-refractivity contribution in [3.63, 3.8) is 0 Å². The lowest BCUT2D eigenvalue weighted by Crippen LogP contribution is -2.58. The van der Waals surface area contributed by atoms with Crippen molar-refractivity contribution >= 4 is 44.7 Å². The number of carbonyl (C=O) groups is 4. The second kappa shape index (κ2) is 14.2. The second-order valence-corrected chi connectivity index (χ2v) is 15.8. The van der Waals surface area contributed by atoms with E-state index in [9.17, 15) is 32.0 Å². The number of ether oxygens (including phenoxy) is 1. The van der Waals surface area contributed by atoms with Crippen molar-refractivity contribution < 1.29 is 36.7 Å². The summed E-state index contributed by atoms with van der Waals surface area (Å²) in [6.07, 6.45) is 11.1. The number of sulfonamides is 1. The van der Waals surface area contributed by atoms with Gasteiger partial charge < -0.3 is 20.3 Å². The van der Waals surface area contributed by atoms with Crippen LogP contribution in [0.15, 0.2) is 48.9 Å². The van der Waals surface area contributed by atoms with Crippen LogP contribution >= 0.6 is 0 Å². The maximum Gasteiger partial charge on any atom is 0.272 e. The van der Waals surface area contributed by atoms with Crippen LogP contribution in [0.2, 0.25) is 0 Å². The van der Waals surface area contributed by atoms with Crippen molar-refractivity contribution in [3.8, 4) is 5.88 Å². The maximum absolute atomic E-state index is 14.4. The van der Waals surface area contributed by atoms with Gasteiger partial charge in [-0.2, -0.15) is 0 Å². The number of amides is 4. The van der Waals surface area contributed by atoms with E-state index in [1.165, 1.54) is 41.7 Å². The molecular formula is C35H39FN8O7S. The fourth-order valence-corrected chi connectivity index (χ4v) is 8.23. The molecule has 3 aromatic rings. The largest absolute Gasteiger partial charge is 0.471 e. The minimum Gasteiger partial charge on any atom is -0.471 e. The van der Waals surface area contributed by atoms with Gasteiger partial charge in [-0.3, -0.25) is 28.9 Å². The lowest BCUT2D eigenvalue weighted by Gasteiger charge is -2.29. The summed E-state index contributed by atoms with van der Waals surface area (Å²) in [5.41, 5.74) is -0.386. The van der Waals surface area contributed by atoms with Gasteiger partial charge >= 0.3 is 0 Å². The number of carbonyl (C=O) groups excluding carboxylic acids is 4. The van der Waals surface area contributed by atoms with Crippen LogP contribution in [-0.2, 0) is 24.4 Å². The third kappa shape index (κ3) is 7.45. The summed E-state index contributed by atoms with van der Waals surface area (Å²) in [6.45, 7) is 1.59. The molecule has 0 spiro atoms. The van der Waals surface area contributed by atoms with Gasteiger partial charge in [0.15, 0.2) is 0 Å². The van der Waals surface area contributed by atoms with E-state index in [1.54, 1.807) is 6.92 Å². The van der Waals surface area contributed by atoms with Gasteiger partial charge in [0, 0.05) is 30.8 Å². The number of allylic oxidation sites excluding steroid dienone is 1. The minimum atomic E-state index is -3.91. The number of rotatable bonds is 7. The Labute approximate surface area is 299 Å². The van der Waals surface area contributed by atoms with Crippen LogP contribution in [0, 0.1) is 18.7 Å². The van der Waals surface area contributed by atoms with E-state index in [-0.39, 0.29) is 42.9 Å². The van der Waals surface area contributed by atoms with Crippen LogP contribution in [0.4, 0.5) is 4.39 Å². The predicted octanol–water partition coefficient (Wildman–Crippen LogP) is 2.02. The van der Waals surface area contributed by atoms with Crippen LogP contribution in [0.5, 0.6) is 5.88 Å². The molecule has 17 heteroatoms. The highest BCUT2D eigenvalue weighted by Gasteiger charge is 2.62. The van der Waals surface area contributed by atoms with Crippen molar-refractivity contribution in [1.29, 1.82) is 0 Å². The highest BCUT2D eigenvalue weighted by molar-refractivity contribution is 7.91. The SMILES string of the molecule is Cc1nc2ccc(F)cc2nc1O[C@@H]1C[C@H]2C(=O)N[C@]3(C(=O)NS(=O)(=O)C4CC4)C[C@H]3/C=C\CCCCC[C@H](NC(=O)c3cnccn3)C(=O)N2C1. The molecule has 5 atom stereocenters. The molecule has 0 radical (unpaired) electrons. The average Bonchev–Trinajstić information content (AvgIpc) is 4.04. The summed E-state index contributed by atoms with van der Waals surface area (Å²) in [6, 6.07) is 1.80. The predicted molar refractivity (Wildman–Crippen MR) is 183 cm³/mol. The fraction of sp³-hybridized carbons (Fsp3) is 0.486. The van der Waals surface area contributed by atoms with E-state index < -0.39 is 74.4 Å². The van der Waals surface area contributed by atoms with E-state index in [2.05, 4.69) is 35.3 Å². The molecule has 1 saturated heterocycles. The summed E-state index contributed by atoms with van der Waals surface area (Å²) < 4.78 is 48.0. The molecule has 2 aromatic heterocycles. The number of aromatic nitrogens is 4. The first kappa shape index (κ1) is 35.3. The summed E-state index contributed by atoms with van der Waals surface area (Å²) >= 11 is 0. The van der Waals surface area contributed by atoms with Crippen molar-refractivity contribution in [2.45, 2.75) is 93.7 Å². The number of nitrogens with zero attached hydrogens (tertiary/aromatic N) is 5. The number of hydrogen-bond acceptors (Lipinski definition) is 11. The van der Waals surface area contributed by atoms with Crippen molar-refractivity contribution in [2.75, 3.05) is 6.54 Å².